The molecule has 1 aromatic rings. The Bertz CT molecular complexity index is 478. The van der Waals surface area contributed by atoms with Crippen LogP contribution < -0.4 is 14.8 Å². The van der Waals surface area contributed by atoms with Crippen LogP contribution in [0.15, 0.2) is 16.6 Å². The molecule has 0 heterocycles. The molecule has 0 bridgehead atoms. The van der Waals surface area contributed by atoms with E-state index in [4.69, 9.17) is 9.47 Å². The van der Waals surface area contributed by atoms with Crippen molar-refractivity contribution >= 4 is 15.9 Å². The normalized spacial score (nSPS) is 12.4. The van der Waals surface area contributed by atoms with Crippen molar-refractivity contribution in [3.63, 3.8) is 0 Å². The van der Waals surface area contributed by atoms with Gasteiger partial charge in [-0.25, -0.2) is 0 Å². The quantitative estimate of drug-likeness (QED) is 0.795. The van der Waals surface area contributed by atoms with Crippen molar-refractivity contribution in [1.82, 2.24) is 5.32 Å². The molecule has 3 nitrogen and oxygen atoms in total. The summed E-state index contributed by atoms with van der Waals surface area (Å²) in [5.74, 6) is 1.54. The van der Waals surface area contributed by atoms with E-state index < -0.39 is 0 Å². The summed E-state index contributed by atoms with van der Waals surface area (Å²) in [6.45, 7) is 12.0. The van der Waals surface area contributed by atoms with Crippen molar-refractivity contribution in [1.29, 1.82) is 0 Å². The molecule has 0 aromatic heterocycles. The molecule has 21 heavy (non-hydrogen) atoms. The Kier molecular flexibility index (Phi) is 6.11. The summed E-state index contributed by atoms with van der Waals surface area (Å²) in [5.41, 5.74) is 1.43. The third kappa shape index (κ3) is 5.87. The highest BCUT2D eigenvalue weighted by Gasteiger charge is 2.25. The fraction of sp³-hybridized carbons (Fsp3) is 0.647. The lowest BCUT2D eigenvalue weighted by Gasteiger charge is -2.33. The van der Waals surface area contributed by atoms with Gasteiger partial charge in [-0.15, -0.1) is 0 Å². The predicted octanol–water partition coefficient (Wildman–Crippen LogP) is 4.77. The fourth-order valence-corrected chi connectivity index (χ4v) is 3.34. The predicted molar refractivity (Wildman–Crippen MR) is 92.2 cm³/mol. The molecule has 0 atom stereocenters. The molecule has 0 aliphatic carbocycles. The Morgan fingerprint density at radius 3 is 2.14 bits per heavy atom. The Labute approximate surface area is 137 Å². The molecule has 0 amide bonds. The monoisotopic (exact) mass is 357 g/mol. The summed E-state index contributed by atoms with van der Waals surface area (Å²) < 4.78 is 11.9. The highest BCUT2D eigenvalue weighted by atomic mass is 79.9. The van der Waals surface area contributed by atoms with E-state index in [9.17, 15) is 0 Å². The molecule has 0 unspecified atom stereocenters. The van der Waals surface area contributed by atoms with Crippen LogP contribution in [0.5, 0.6) is 11.5 Å². The van der Waals surface area contributed by atoms with Crippen molar-refractivity contribution in [3.05, 3.63) is 22.2 Å². The van der Waals surface area contributed by atoms with E-state index in [0.29, 0.717) is 0 Å². The lowest BCUT2D eigenvalue weighted by atomic mass is 9.82. The fourth-order valence-electron chi connectivity index (χ4n) is 2.86. The summed E-state index contributed by atoms with van der Waals surface area (Å²) in [6, 6.07) is 3.99. The lowest BCUT2D eigenvalue weighted by molar-refractivity contribution is 0.239. The Morgan fingerprint density at radius 1 is 1.05 bits per heavy atom. The topological polar surface area (TPSA) is 30.5 Å². The minimum absolute atomic E-state index is 0.0544. The van der Waals surface area contributed by atoms with Gasteiger partial charge in [-0.2, -0.15) is 0 Å². The first-order valence-electron chi connectivity index (χ1n) is 7.23. The van der Waals surface area contributed by atoms with Crippen LogP contribution in [-0.4, -0.2) is 19.8 Å². The first-order valence-corrected chi connectivity index (χ1v) is 8.03. The van der Waals surface area contributed by atoms with Gasteiger partial charge in [-0.1, -0.05) is 36.7 Å². The van der Waals surface area contributed by atoms with E-state index in [1.807, 2.05) is 6.07 Å². The molecule has 4 heteroatoms. The van der Waals surface area contributed by atoms with Crippen molar-refractivity contribution in [3.8, 4) is 11.5 Å². The second kappa shape index (κ2) is 7.01. The molecular formula is C17H28BrNO2. The van der Waals surface area contributed by atoms with Crippen molar-refractivity contribution in [2.45, 2.75) is 53.1 Å². The minimum Gasteiger partial charge on any atom is -0.493 e. The van der Waals surface area contributed by atoms with Gasteiger partial charge in [0.2, 0.25) is 0 Å². The number of rotatable bonds is 6. The van der Waals surface area contributed by atoms with Crippen molar-refractivity contribution < 1.29 is 9.47 Å². The van der Waals surface area contributed by atoms with Gasteiger partial charge < -0.3 is 14.8 Å². The maximum atomic E-state index is 5.50. The number of nitrogens with one attached hydrogen (secondary N) is 1. The van der Waals surface area contributed by atoms with Crippen LogP contribution in [0.1, 0.15) is 46.6 Å². The Morgan fingerprint density at radius 2 is 1.67 bits per heavy atom. The van der Waals surface area contributed by atoms with Gasteiger partial charge in [0.15, 0.2) is 11.5 Å². The molecule has 120 valence electrons. The zero-order chi connectivity index (χ0) is 16.3. The lowest BCUT2D eigenvalue weighted by Crippen LogP contribution is -2.41. The van der Waals surface area contributed by atoms with Gasteiger partial charge >= 0.3 is 0 Å². The van der Waals surface area contributed by atoms with Crippen LogP contribution in [0.2, 0.25) is 0 Å². The van der Waals surface area contributed by atoms with Gasteiger partial charge in [0.05, 0.1) is 14.2 Å². The molecule has 0 radical (unpaired) electrons. The maximum Gasteiger partial charge on any atom is 0.165 e. The van der Waals surface area contributed by atoms with E-state index >= 15 is 0 Å². The van der Waals surface area contributed by atoms with Gasteiger partial charge in [-0.05, 0) is 37.8 Å². The third-order valence-corrected chi connectivity index (χ3v) is 3.71. The van der Waals surface area contributed by atoms with E-state index in [2.05, 4.69) is 61.9 Å². The summed E-state index contributed by atoms with van der Waals surface area (Å²) in [6.07, 6.45) is 1.09. The molecule has 0 aliphatic heterocycles. The summed E-state index contributed by atoms with van der Waals surface area (Å²) in [4.78, 5) is 0. The Balaban J connectivity index is 2.91. The first kappa shape index (κ1) is 18.3. The van der Waals surface area contributed by atoms with Crippen LogP contribution in [0, 0.1) is 5.41 Å². The number of benzene rings is 1. The van der Waals surface area contributed by atoms with Crippen molar-refractivity contribution in [2.24, 2.45) is 5.41 Å². The average Bonchev–Trinajstić information content (AvgIpc) is 2.32. The summed E-state index contributed by atoms with van der Waals surface area (Å²) in [7, 11) is 3.33. The zero-order valence-electron chi connectivity index (χ0n) is 14.3. The third-order valence-electron chi connectivity index (χ3n) is 3.25. The van der Waals surface area contributed by atoms with Crippen LogP contribution in [-0.2, 0) is 6.54 Å². The van der Waals surface area contributed by atoms with E-state index in [1.165, 1.54) is 0 Å². The second-order valence-corrected chi connectivity index (χ2v) is 8.19. The van der Waals surface area contributed by atoms with E-state index in [-0.39, 0.29) is 11.0 Å². The SMILES string of the molecule is COc1cc(Br)cc(CNC(C)(C)CC(C)(C)C)c1OC. The molecule has 0 spiro atoms. The number of halogens is 1. The van der Waals surface area contributed by atoms with E-state index in [1.54, 1.807) is 14.2 Å². The molecule has 1 N–H and O–H groups in total. The second-order valence-electron chi connectivity index (χ2n) is 7.28. The smallest absolute Gasteiger partial charge is 0.165 e. The zero-order valence-corrected chi connectivity index (χ0v) is 15.8. The first-order chi connectivity index (χ1) is 9.58. The van der Waals surface area contributed by atoms with Gasteiger partial charge in [0.1, 0.15) is 0 Å². The minimum atomic E-state index is 0.0544. The highest BCUT2D eigenvalue weighted by molar-refractivity contribution is 9.10. The standard InChI is InChI=1S/C17H28BrNO2/c1-16(2,3)11-17(4,5)19-10-12-8-13(18)9-14(20-6)15(12)21-7/h8-9,19H,10-11H2,1-7H3. The van der Waals surface area contributed by atoms with Crippen LogP contribution >= 0.6 is 15.9 Å². The van der Waals surface area contributed by atoms with Crippen molar-refractivity contribution in [2.75, 3.05) is 14.2 Å². The summed E-state index contributed by atoms with van der Waals surface area (Å²) in [5, 5.41) is 3.63. The maximum absolute atomic E-state index is 5.50. The van der Waals surface area contributed by atoms with Crippen LogP contribution in [0.4, 0.5) is 0 Å². The molecule has 1 aromatic carbocycles. The molecule has 0 aliphatic rings. The van der Waals surface area contributed by atoms with Gasteiger partial charge in [-0.3, -0.25) is 0 Å². The largest absolute Gasteiger partial charge is 0.493 e. The number of methoxy groups -OCH3 is 2. The highest BCUT2D eigenvalue weighted by Crippen LogP contribution is 2.35. The molecule has 0 saturated carbocycles. The number of ether oxygens (including phenoxy) is 2. The molecular weight excluding hydrogens is 330 g/mol. The van der Waals surface area contributed by atoms with Crippen LogP contribution in [0.25, 0.3) is 0 Å². The molecule has 1 rings (SSSR count). The summed E-state index contributed by atoms with van der Waals surface area (Å²) >= 11 is 3.52. The Hall–Kier alpha value is -0.740. The molecule has 0 fully saturated rings. The molecule has 0 saturated heterocycles. The van der Waals surface area contributed by atoms with Crippen LogP contribution in [0.3, 0.4) is 0 Å². The number of hydrogen-bond donors (Lipinski definition) is 1. The number of hydrogen-bond acceptors (Lipinski definition) is 3. The average molecular weight is 358 g/mol. The van der Waals surface area contributed by atoms with E-state index in [0.717, 1.165) is 34.5 Å². The van der Waals surface area contributed by atoms with Gasteiger partial charge in [0, 0.05) is 22.1 Å². The van der Waals surface area contributed by atoms with Gasteiger partial charge in [0.25, 0.3) is 0 Å².